The fourth-order valence-electron chi connectivity index (χ4n) is 1.28. The zero-order valence-corrected chi connectivity index (χ0v) is 9.24. The summed E-state index contributed by atoms with van der Waals surface area (Å²) in [5.41, 5.74) is 3.08. The van der Waals surface area contributed by atoms with Crippen LogP contribution in [0.25, 0.3) is 11.2 Å². The van der Waals surface area contributed by atoms with Gasteiger partial charge in [-0.3, -0.25) is 9.38 Å². The molecular weight excluding hydrogens is 241 g/mol. The molecule has 2 heterocycles. The maximum absolute atomic E-state index is 5.63. The van der Waals surface area contributed by atoms with Crippen molar-refractivity contribution in [3.05, 3.63) is 29.3 Å². The Kier molecular flexibility index (Phi) is 2.19. The molecule has 2 aromatic rings. The molecule has 2 aromatic heterocycles. The van der Waals surface area contributed by atoms with E-state index in [0.29, 0.717) is 10.2 Å². The van der Waals surface area contributed by atoms with Crippen molar-refractivity contribution in [2.45, 2.75) is 6.92 Å². The van der Waals surface area contributed by atoms with E-state index in [-0.39, 0.29) is 0 Å². The first kappa shape index (κ1) is 9.46. The molecule has 0 aliphatic rings. The van der Waals surface area contributed by atoms with Gasteiger partial charge in [0.05, 0.1) is 11.9 Å². The number of rotatable bonds is 1. The van der Waals surface area contributed by atoms with Crippen LogP contribution < -0.4 is 5.59 Å². The zero-order chi connectivity index (χ0) is 10.3. The first-order valence-electron chi connectivity index (χ1n) is 4.04. The summed E-state index contributed by atoms with van der Waals surface area (Å²) >= 11 is 3.31. The number of hydrogen-bond acceptors (Lipinski definition) is 2. The first-order chi connectivity index (χ1) is 6.59. The van der Waals surface area contributed by atoms with Crippen LogP contribution in [0.2, 0.25) is 0 Å². The predicted octanol–water partition coefficient (Wildman–Crippen LogP) is 1.32. The summed E-state index contributed by atoms with van der Waals surface area (Å²) in [4.78, 5) is 8.27. The summed E-state index contributed by atoms with van der Waals surface area (Å²) in [5, 5.41) is 0. The topological polar surface area (TPSA) is 30.2 Å². The maximum atomic E-state index is 5.63. The molecule has 0 atom stereocenters. The highest BCUT2D eigenvalue weighted by atomic mass is 79.9. The summed E-state index contributed by atoms with van der Waals surface area (Å²) in [6.45, 7) is 5.79. The highest BCUT2D eigenvalue weighted by molar-refractivity contribution is 9.10. The molecule has 0 spiro atoms. The average Bonchev–Trinajstić information content (AvgIpc) is 2.47. The smallest absolute Gasteiger partial charge is 0.170 e. The van der Waals surface area contributed by atoms with Crippen molar-refractivity contribution in [1.82, 2.24) is 14.4 Å². The van der Waals surface area contributed by atoms with Gasteiger partial charge in [0.15, 0.2) is 5.65 Å². The van der Waals surface area contributed by atoms with Gasteiger partial charge in [-0.25, -0.2) is 4.98 Å². The minimum Gasteiger partial charge on any atom is -0.297 e. The van der Waals surface area contributed by atoms with Crippen molar-refractivity contribution < 1.29 is 0 Å². The summed E-state index contributed by atoms with van der Waals surface area (Å²) in [5.74, 6) is 0. The van der Waals surface area contributed by atoms with E-state index in [0.717, 1.165) is 16.9 Å². The molecule has 0 N–H and O–H groups in total. The van der Waals surface area contributed by atoms with Gasteiger partial charge in [-0.2, -0.15) is 0 Å². The van der Waals surface area contributed by atoms with E-state index in [2.05, 4.69) is 32.5 Å². The molecule has 0 aliphatic heterocycles. The van der Waals surface area contributed by atoms with Crippen molar-refractivity contribution in [2.24, 2.45) is 0 Å². The Balaban J connectivity index is 2.85. The van der Waals surface area contributed by atoms with Crippen LogP contribution in [0.5, 0.6) is 0 Å². The van der Waals surface area contributed by atoms with Gasteiger partial charge in [0, 0.05) is 11.8 Å². The molecule has 3 nitrogen and oxygen atoms in total. The highest BCUT2D eigenvalue weighted by Crippen LogP contribution is 2.17. The number of allylic oxidation sites excluding steroid dienone is 1. The van der Waals surface area contributed by atoms with Gasteiger partial charge in [-0.05, 0) is 28.4 Å². The predicted molar refractivity (Wildman–Crippen MR) is 60.8 cm³/mol. The second-order valence-electron chi connectivity index (χ2n) is 3.07. The van der Waals surface area contributed by atoms with Gasteiger partial charge in [-0.1, -0.05) is 6.58 Å². The van der Waals surface area contributed by atoms with E-state index in [1.54, 1.807) is 12.4 Å². The number of fused-ring (bicyclic) bond motifs is 1. The molecule has 2 rings (SSSR count). The first-order valence-corrected chi connectivity index (χ1v) is 4.84. The molecule has 14 heavy (non-hydrogen) atoms. The molecule has 0 amide bonds. The molecule has 2 radical (unpaired) electrons. The molecule has 0 saturated heterocycles. The molecule has 68 valence electrons. The normalized spacial score (nSPS) is 10.7. The number of hydrogen-bond donors (Lipinski definition) is 0. The van der Waals surface area contributed by atoms with Gasteiger partial charge in [0.25, 0.3) is 0 Å². The van der Waals surface area contributed by atoms with Crippen LogP contribution in [0, 0.1) is 0 Å². The van der Waals surface area contributed by atoms with Gasteiger partial charge in [0.2, 0.25) is 0 Å². The summed E-state index contributed by atoms with van der Waals surface area (Å²) in [6.07, 6.45) is 3.49. The van der Waals surface area contributed by atoms with E-state index in [1.165, 1.54) is 0 Å². The molecule has 0 aliphatic carbocycles. The number of halogens is 1. The third-order valence-electron chi connectivity index (χ3n) is 1.91. The van der Waals surface area contributed by atoms with Crippen LogP contribution in [0.3, 0.4) is 0 Å². The molecule has 0 unspecified atom stereocenters. The van der Waals surface area contributed by atoms with E-state index in [4.69, 9.17) is 7.85 Å². The van der Waals surface area contributed by atoms with Crippen molar-refractivity contribution in [3.8, 4) is 0 Å². The minimum absolute atomic E-state index is 0.449. The fraction of sp³-hybridized carbons (Fsp3) is 0.111. The number of nitrogens with zero attached hydrogens (tertiary/aromatic N) is 3. The lowest BCUT2D eigenvalue weighted by molar-refractivity contribution is 1.11. The molecule has 0 saturated carbocycles. The van der Waals surface area contributed by atoms with Crippen LogP contribution in [0.1, 0.15) is 12.6 Å². The second-order valence-corrected chi connectivity index (χ2v) is 3.83. The Morgan fingerprint density at radius 2 is 2.36 bits per heavy atom. The van der Waals surface area contributed by atoms with Crippen molar-refractivity contribution >= 4 is 40.6 Å². The minimum atomic E-state index is 0.449. The average molecular weight is 248 g/mol. The summed E-state index contributed by atoms with van der Waals surface area (Å²) in [7, 11) is 5.63. The van der Waals surface area contributed by atoms with Gasteiger partial charge < -0.3 is 0 Å². The maximum Gasteiger partial charge on any atom is 0.170 e. The Morgan fingerprint density at radius 3 is 3.00 bits per heavy atom. The van der Waals surface area contributed by atoms with E-state index >= 15 is 0 Å². The summed E-state index contributed by atoms with van der Waals surface area (Å²) in [6, 6.07) is 0. The SMILES string of the molecule is [B]c1cn2c(C(=C)C)cnc2c(Br)n1. The Morgan fingerprint density at radius 1 is 1.64 bits per heavy atom. The standard InChI is InChI=1S/C9H7BBrN3/c1-5(2)6-3-12-9-8(11)13-7(10)4-14(6)9/h3-4H,1H2,2H3. The van der Waals surface area contributed by atoms with Crippen LogP contribution >= 0.6 is 15.9 Å². The van der Waals surface area contributed by atoms with Crippen LogP contribution in [-0.4, -0.2) is 22.2 Å². The quantitative estimate of drug-likeness (QED) is 0.712. The number of imidazole rings is 1. The van der Waals surface area contributed by atoms with Crippen LogP contribution in [-0.2, 0) is 0 Å². The monoisotopic (exact) mass is 247 g/mol. The Bertz CT molecular complexity index is 518. The zero-order valence-electron chi connectivity index (χ0n) is 7.66. The van der Waals surface area contributed by atoms with E-state index < -0.39 is 0 Å². The van der Waals surface area contributed by atoms with Crippen molar-refractivity contribution in [2.75, 3.05) is 0 Å². The fourth-order valence-corrected chi connectivity index (χ4v) is 1.78. The van der Waals surface area contributed by atoms with E-state index in [1.807, 2.05) is 11.3 Å². The van der Waals surface area contributed by atoms with Gasteiger partial charge >= 0.3 is 0 Å². The molecular formula is C9H7BBrN3. The second kappa shape index (κ2) is 3.24. The third kappa shape index (κ3) is 1.37. The summed E-state index contributed by atoms with van der Waals surface area (Å²) < 4.78 is 2.51. The lowest BCUT2D eigenvalue weighted by Crippen LogP contribution is -2.12. The number of aromatic nitrogens is 3. The van der Waals surface area contributed by atoms with Gasteiger partial charge in [0.1, 0.15) is 12.4 Å². The van der Waals surface area contributed by atoms with Gasteiger partial charge in [-0.15, -0.1) is 0 Å². The lowest BCUT2D eigenvalue weighted by atomic mass is 10.1. The molecule has 0 fully saturated rings. The highest BCUT2D eigenvalue weighted by Gasteiger charge is 2.07. The van der Waals surface area contributed by atoms with E-state index in [9.17, 15) is 0 Å². The Labute approximate surface area is 91.4 Å². The van der Waals surface area contributed by atoms with Crippen LogP contribution in [0.15, 0.2) is 23.6 Å². The van der Waals surface area contributed by atoms with Crippen molar-refractivity contribution in [1.29, 1.82) is 0 Å². The third-order valence-corrected chi connectivity index (χ3v) is 2.44. The molecule has 0 bridgehead atoms. The molecule has 5 heteroatoms. The Hall–Kier alpha value is -1.10. The lowest BCUT2D eigenvalue weighted by Gasteiger charge is -2.02. The largest absolute Gasteiger partial charge is 0.297 e. The van der Waals surface area contributed by atoms with Crippen molar-refractivity contribution in [3.63, 3.8) is 0 Å². The molecule has 0 aromatic carbocycles. The van der Waals surface area contributed by atoms with Crippen LogP contribution in [0.4, 0.5) is 0 Å².